The Morgan fingerprint density at radius 1 is 1.41 bits per heavy atom. The summed E-state index contributed by atoms with van der Waals surface area (Å²) in [6, 6.07) is 6.09. The lowest BCUT2D eigenvalue weighted by molar-refractivity contribution is 0.0727. The monoisotopic (exact) mass is 255 g/mol. The van der Waals surface area contributed by atoms with Crippen LogP contribution in [0, 0.1) is 6.92 Å². The Bertz CT molecular complexity index is 354. The summed E-state index contributed by atoms with van der Waals surface area (Å²) in [5.41, 5.74) is 8.44. The van der Waals surface area contributed by atoms with Gasteiger partial charge in [-0.05, 0) is 37.0 Å². The van der Waals surface area contributed by atoms with Crippen molar-refractivity contribution in [2.75, 3.05) is 7.11 Å². The smallest absolute Gasteiger partial charge is 0.0725 e. The summed E-state index contributed by atoms with van der Waals surface area (Å²) in [6.07, 6.45) is 2.93. The van der Waals surface area contributed by atoms with Crippen molar-refractivity contribution in [3.8, 4) is 0 Å². The van der Waals surface area contributed by atoms with Gasteiger partial charge in [-0.1, -0.05) is 37.1 Å². The summed E-state index contributed by atoms with van der Waals surface area (Å²) >= 11 is 6.20. The van der Waals surface area contributed by atoms with E-state index in [1.165, 1.54) is 5.56 Å². The molecule has 0 heterocycles. The predicted octanol–water partition coefficient (Wildman–Crippen LogP) is 3.33. The second kappa shape index (κ2) is 7.00. The maximum atomic E-state index is 6.20. The molecule has 0 saturated carbocycles. The Morgan fingerprint density at radius 2 is 2.12 bits per heavy atom. The van der Waals surface area contributed by atoms with E-state index < -0.39 is 0 Å². The number of aryl methyl sites for hydroxylation is 1. The van der Waals surface area contributed by atoms with E-state index in [2.05, 4.69) is 19.1 Å². The van der Waals surface area contributed by atoms with Crippen molar-refractivity contribution in [1.29, 1.82) is 0 Å². The summed E-state index contributed by atoms with van der Waals surface area (Å²) in [5.74, 6) is 0. The molecule has 0 aliphatic rings. The van der Waals surface area contributed by atoms with Crippen LogP contribution < -0.4 is 5.73 Å². The van der Waals surface area contributed by atoms with Gasteiger partial charge in [-0.3, -0.25) is 0 Å². The first kappa shape index (κ1) is 14.5. The van der Waals surface area contributed by atoms with Gasteiger partial charge in [-0.25, -0.2) is 0 Å². The molecule has 2 unspecified atom stereocenters. The summed E-state index contributed by atoms with van der Waals surface area (Å²) in [5, 5.41) is 0.798. The minimum absolute atomic E-state index is 0.000145. The van der Waals surface area contributed by atoms with Gasteiger partial charge in [-0.15, -0.1) is 0 Å². The Balaban J connectivity index is 2.69. The van der Waals surface area contributed by atoms with E-state index in [0.29, 0.717) is 0 Å². The third-order valence-electron chi connectivity index (χ3n) is 3.02. The lowest BCUT2D eigenvalue weighted by Crippen LogP contribution is -2.38. The van der Waals surface area contributed by atoms with Crippen LogP contribution in [0.2, 0.25) is 5.02 Å². The van der Waals surface area contributed by atoms with E-state index in [0.717, 1.165) is 29.8 Å². The average Bonchev–Trinajstić information content (AvgIpc) is 2.29. The van der Waals surface area contributed by atoms with E-state index in [-0.39, 0.29) is 12.1 Å². The van der Waals surface area contributed by atoms with E-state index >= 15 is 0 Å². The highest BCUT2D eigenvalue weighted by Crippen LogP contribution is 2.20. The van der Waals surface area contributed by atoms with Gasteiger partial charge in [0.2, 0.25) is 0 Å². The summed E-state index contributed by atoms with van der Waals surface area (Å²) in [6.45, 7) is 4.17. The number of ether oxygens (including phenoxy) is 1. The summed E-state index contributed by atoms with van der Waals surface area (Å²) in [7, 11) is 1.72. The quantitative estimate of drug-likeness (QED) is 0.846. The molecule has 0 bridgehead atoms. The molecule has 2 N–H and O–H groups in total. The number of halogens is 1. The van der Waals surface area contributed by atoms with Crippen molar-refractivity contribution in [2.45, 2.75) is 45.3 Å². The molecule has 2 atom stereocenters. The predicted molar refractivity (Wildman–Crippen MR) is 73.6 cm³/mol. The number of hydrogen-bond donors (Lipinski definition) is 1. The van der Waals surface area contributed by atoms with Crippen LogP contribution >= 0.6 is 11.6 Å². The van der Waals surface area contributed by atoms with Gasteiger partial charge in [0, 0.05) is 18.2 Å². The normalized spacial score (nSPS) is 14.6. The van der Waals surface area contributed by atoms with E-state index in [1.807, 2.05) is 13.0 Å². The zero-order valence-corrected chi connectivity index (χ0v) is 11.6. The van der Waals surface area contributed by atoms with Crippen LogP contribution in [0.4, 0.5) is 0 Å². The lowest BCUT2D eigenvalue weighted by atomic mass is 9.98. The van der Waals surface area contributed by atoms with Gasteiger partial charge in [0.05, 0.1) is 6.10 Å². The molecule has 0 aliphatic carbocycles. The first-order valence-corrected chi connectivity index (χ1v) is 6.49. The molecule has 17 heavy (non-hydrogen) atoms. The number of methoxy groups -OCH3 is 1. The third kappa shape index (κ3) is 4.30. The van der Waals surface area contributed by atoms with Crippen molar-refractivity contribution >= 4 is 11.6 Å². The number of rotatable bonds is 6. The highest BCUT2D eigenvalue weighted by molar-refractivity contribution is 6.31. The minimum Gasteiger partial charge on any atom is -0.380 e. The van der Waals surface area contributed by atoms with Crippen LogP contribution in [0.1, 0.15) is 30.9 Å². The first-order valence-electron chi connectivity index (χ1n) is 6.11. The number of benzene rings is 1. The Morgan fingerprint density at radius 3 is 2.65 bits per heavy atom. The zero-order valence-electron chi connectivity index (χ0n) is 10.9. The number of hydrogen-bond acceptors (Lipinski definition) is 2. The third-order valence-corrected chi connectivity index (χ3v) is 3.37. The van der Waals surface area contributed by atoms with Crippen molar-refractivity contribution in [2.24, 2.45) is 5.73 Å². The largest absolute Gasteiger partial charge is 0.380 e. The molecule has 0 aromatic heterocycles. The fraction of sp³-hybridized carbons (Fsp3) is 0.571. The molecule has 0 fully saturated rings. The van der Waals surface area contributed by atoms with E-state index in [9.17, 15) is 0 Å². The summed E-state index contributed by atoms with van der Waals surface area (Å²) < 4.78 is 5.42. The maximum absolute atomic E-state index is 6.20. The minimum atomic E-state index is 0.000145. The fourth-order valence-corrected chi connectivity index (χ4v) is 2.31. The standard InChI is InChI=1S/C14H22ClNO/c1-4-5-14(17-3)13(16)9-11-7-6-10(2)8-12(11)15/h6-8,13-14H,4-5,9,16H2,1-3H3. The van der Waals surface area contributed by atoms with Gasteiger partial charge in [0.1, 0.15) is 0 Å². The molecule has 1 aromatic carbocycles. The van der Waals surface area contributed by atoms with Crippen molar-refractivity contribution in [1.82, 2.24) is 0 Å². The Kier molecular flexibility index (Phi) is 5.96. The molecule has 0 spiro atoms. The maximum Gasteiger partial charge on any atom is 0.0725 e. The molecule has 0 amide bonds. The molecular formula is C14H22ClNO. The Hall–Kier alpha value is -0.570. The zero-order chi connectivity index (χ0) is 12.8. The lowest BCUT2D eigenvalue weighted by Gasteiger charge is -2.22. The van der Waals surface area contributed by atoms with Crippen LogP contribution in [0.3, 0.4) is 0 Å². The highest BCUT2D eigenvalue weighted by atomic mass is 35.5. The molecule has 1 aromatic rings. The van der Waals surface area contributed by atoms with Crippen LogP contribution in [-0.4, -0.2) is 19.3 Å². The molecule has 3 heteroatoms. The van der Waals surface area contributed by atoms with Gasteiger partial charge in [0.15, 0.2) is 0 Å². The van der Waals surface area contributed by atoms with Crippen LogP contribution in [0.5, 0.6) is 0 Å². The van der Waals surface area contributed by atoms with E-state index in [4.69, 9.17) is 22.1 Å². The van der Waals surface area contributed by atoms with Crippen LogP contribution in [0.25, 0.3) is 0 Å². The Labute approximate surface area is 109 Å². The average molecular weight is 256 g/mol. The van der Waals surface area contributed by atoms with Crippen molar-refractivity contribution < 1.29 is 4.74 Å². The van der Waals surface area contributed by atoms with Crippen LogP contribution in [-0.2, 0) is 11.2 Å². The van der Waals surface area contributed by atoms with Gasteiger partial charge >= 0.3 is 0 Å². The van der Waals surface area contributed by atoms with Crippen molar-refractivity contribution in [3.05, 3.63) is 34.3 Å². The molecule has 0 saturated heterocycles. The van der Waals surface area contributed by atoms with Gasteiger partial charge in [0.25, 0.3) is 0 Å². The van der Waals surface area contributed by atoms with Crippen LogP contribution in [0.15, 0.2) is 18.2 Å². The second-order valence-corrected chi connectivity index (χ2v) is 4.93. The molecule has 0 radical (unpaired) electrons. The molecule has 0 aliphatic heterocycles. The van der Waals surface area contributed by atoms with Crippen molar-refractivity contribution in [3.63, 3.8) is 0 Å². The molecule has 96 valence electrons. The van der Waals surface area contributed by atoms with Gasteiger partial charge < -0.3 is 10.5 Å². The highest BCUT2D eigenvalue weighted by Gasteiger charge is 2.17. The fourth-order valence-electron chi connectivity index (χ4n) is 1.99. The van der Waals surface area contributed by atoms with Gasteiger partial charge in [-0.2, -0.15) is 0 Å². The SMILES string of the molecule is CCCC(OC)C(N)Cc1ccc(C)cc1Cl. The summed E-state index contributed by atoms with van der Waals surface area (Å²) in [4.78, 5) is 0. The molecule has 1 rings (SSSR count). The number of nitrogens with two attached hydrogens (primary N) is 1. The van der Waals surface area contributed by atoms with E-state index in [1.54, 1.807) is 7.11 Å². The molecule has 2 nitrogen and oxygen atoms in total. The second-order valence-electron chi connectivity index (χ2n) is 4.53. The first-order chi connectivity index (χ1) is 8.08. The topological polar surface area (TPSA) is 35.2 Å². The molecular weight excluding hydrogens is 234 g/mol.